The van der Waals surface area contributed by atoms with Gasteiger partial charge in [-0.2, -0.15) is 0 Å². The highest BCUT2D eigenvalue weighted by atomic mass is 16.6. The zero-order valence-corrected chi connectivity index (χ0v) is 17.8. The molecule has 0 spiro atoms. The third-order valence-electron chi connectivity index (χ3n) is 5.52. The number of carbonyl (C=O) groups is 1. The Balaban J connectivity index is 1.80. The van der Waals surface area contributed by atoms with E-state index in [9.17, 15) is 4.79 Å². The Morgan fingerprint density at radius 3 is 1.84 bits per heavy atom. The van der Waals surface area contributed by atoms with Crippen LogP contribution in [0.25, 0.3) is 0 Å². The molecule has 3 aromatic rings. The molecule has 3 aromatic carbocycles. The number of ether oxygens (including phenoxy) is 1. The topological polar surface area (TPSA) is 29.5 Å². The molecule has 0 N–H and O–H groups in total. The van der Waals surface area contributed by atoms with Crippen LogP contribution in [0.3, 0.4) is 0 Å². The van der Waals surface area contributed by atoms with Gasteiger partial charge in [0.2, 0.25) is 0 Å². The van der Waals surface area contributed by atoms with Gasteiger partial charge < -0.3 is 9.64 Å². The minimum atomic E-state index is -0.415. The second kappa shape index (κ2) is 11.0. The number of amides is 1. The minimum absolute atomic E-state index is 0.247. The van der Waals surface area contributed by atoms with E-state index in [4.69, 9.17) is 4.74 Å². The van der Waals surface area contributed by atoms with Crippen molar-refractivity contribution in [1.29, 1.82) is 0 Å². The lowest BCUT2D eigenvalue weighted by Crippen LogP contribution is -2.37. The van der Waals surface area contributed by atoms with E-state index in [-0.39, 0.29) is 12.7 Å². The van der Waals surface area contributed by atoms with E-state index in [0.29, 0.717) is 19.5 Å². The maximum absolute atomic E-state index is 12.8. The molecule has 0 aliphatic rings. The zero-order valence-electron chi connectivity index (χ0n) is 17.8. The van der Waals surface area contributed by atoms with Crippen molar-refractivity contribution in [1.82, 2.24) is 4.90 Å². The van der Waals surface area contributed by atoms with E-state index in [1.165, 1.54) is 0 Å². The number of benzene rings is 3. The number of hydrogen-bond acceptors (Lipinski definition) is 2. The summed E-state index contributed by atoms with van der Waals surface area (Å²) in [6.07, 6.45) is 4.05. The van der Waals surface area contributed by atoms with Crippen LogP contribution in [0.4, 0.5) is 4.79 Å². The highest BCUT2D eigenvalue weighted by Gasteiger charge is 2.32. The van der Waals surface area contributed by atoms with Crippen LogP contribution in [0.2, 0.25) is 0 Å². The summed E-state index contributed by atoms with van der Waals surface area (Å²) in [5.74, 6) is 0. The Morgan fingerprint density at radius 1 is 0.839 bits per heavy atom. The quantitative estimate of drug-likeness (QED) is 0.363. The molecular formula is C28H29NO2. The molecule has 0 aliphatic heterocycles. The van der Waals surface area contributed by atoms with E-state index in [1.54, 1.807) is 11.0 Å². The van der Waals surface area contributed by atoms with E-state index >= 15 is 0 Å². The summed E-state index contributed by atoms with van der Waals surface area (Å²) in [4.78, 5) is 14.5. The van der Waals surface area contributed by atoms with Gasteiger partial charge in [0, 0.05) is 18.5 Å². The summed E-state index contributed by atoms with van der Waals surface area (Å²) in [5.41, 5.74) is 2.84. The van der Waals surface area contributed by atoms with Crippen molar-refractivity contribution in [2.24, 2.45) is 0 Å². The van der Waals surface area contributed by atoms with Gasteiger partial charge in [-0.15, -0.1) is 13.2 Å². The highest BCUT2D eigenvalue weighted by Crippen LogP contribution is 2.37. The standard InChI is InChI=1S/C28H29NO2/c1-3-21-29(27(30)31-23-24-14-8-5-9-15-24)22-20-28(4-2,25-16-10-6-11-17-25)26-18-12-7-13-19-26/h3-19H,1-2,20-23H2. The fourth-order valence-corrected chi connectivity index (χ4v) is 3.80. The SMILES string of the molecule is C=CCN(CCC(C=C)(c1ccccc1)c1ccccc1)C(=O)OCc1ccccc1. The van der Waals surface area contributed by atoms with Crippen molar-refractivity contribution in [3.05, 3.63) is 133 Å². The molecule has 3 rings (SSSR count). The van der Waals surface area contributed by atoms with Gasteiger partial charge in [-0.05, 0) is 23.1 Å². The average Bonchev–Trinajstić information content (AvgIpc) is 2.84. The Hall–Kier alpha value is -3.59. The molecule has 0 radical (unpaired) electrons. The third-order valence-corrected chi connectivity index (χ3v) is 5.52. The molecule has 31 heavy (non-hydrogen) atoms. The monoisotopic (exact) mass is 411 g/mol. The summed E-state index contributed by atoms with van der Waals surface area (Å²) < 4.78 is 5.57. The predicted molar refractivity (Wildman–Crippen MR) is 127 cm³/mol. The van der Waals surface area contributed by atoms with Crippen LogP contribution in [0.15, 0.2) is 116 Å². The van der Waals surface area contributed by atoms with Gasteiger partial charge in [-0.25, -0.2) is 4.79 Å². The second-order valence-corrected chi connectivity index (χ2v) is 7.43. The summed E-state index contributed by atoms with van der Waals surface area (Å²) in [6.45, 7) is 9.17. The van der Waals surface area contributed by atoms with Gasteiger partial charge in [0.25, 0.3) is 0 Å². The van der Waals surface area contributed by atoms with Crippen LogP contribution in [0.1, 0.15) is 23.1 Å². The van der Waals surface area contributed by atoms with Crippen molar-refractivity contribution in [2.75, 3.05) is 13.1 Å². The molecule has 0 fully saturated rings. The van der Waals surface area contributed by atoms with E-state index in [1.807, 2.05) is 72.8 Å². The van der Waals surface area contributed by atoms with E-state index in [0.717, 1.165) is 16.7 Å². The lowest BCUT2D eigenvalue weighted by molar-refractivity contribution is 0.0985. The molecule has 158 valence electrons. The predicted octanol–water partition coefficient (Wildman–Crippen LogP) is 6.37. The largest absolute Gasteiger partial charge is 0.445 e. The first-order chi connectivity index (χ1) is 15.2. The average molecular weight is 412 g/mol. The lowest BCUT2D eigenvalue weighted by Gasteiger charge is -2.34. The van der Waals surface area contributed by atoms with Gasteiger partial charge in [0.1, 0.15) is 6.61 Å². The number of hydrogen-bond donors (Lipinski definition) is 0. The molecule has 0 saturated heterocycles. The van der Waals surface area contributed by atoms with Gasteiger partial charge in [-0.1, -0.05) is 103 Å². The second-order valence-electron chi connectivity index (χ2n) is 7.43. The fourth-order valence-electron chi connectivity index (χ4n) is 3.80. The molecular weight excluding hydrogens is 382 g/mol. The number of nitrogens with zero attached hydrogens (tertiary/aromatic N) is 1. The number of carbonyl (C=O) groups excluding carboxylic acids is 1. The molecule has 0 saturated carbocycles. The van der Waals surface area contributed by atoms with Gasteiger partial charge in [0.15, 0.2) is 0 Å². The number of rotatable bonds is 10. The summed E-state index contributed by atoms with van der Waals surface area (Å²) in [7, 11) is 0. The molecule has 0 bridgehead atoms. The van der Waals surface area contributed by atoms with E-state index in [2.05, 4.69) is 37.4 Å². The summed E-state index contributed by atoms with van der Waals surface area (Å²) in [5, 5.41) is 0. The Labute approximate surface area is 185 Å². The Morgan fingerprint density at radius 2 is 1.35 bits per heavy atom. The molecule has 1 amide bonds. The van der Waals surface area contributed by atoms with Crippen LogP contribution in [0.5, 0.6) is 0 Å². The first kappa shape index (κ1) is 22.1. The van der Waals surface area contributed by atoms with Crippen molar-refractivity contribution in [3.63, 3.8) is 0 Å². The van der Waals surface area contributed by atoms with Crippen LogP contribution >= 0.6 is 0 Å². The normalized spacial score (nSPS) is 10.8. The molecule has 0 aromatic heterocycles. The first-order valence-corrected chi connectivity index (χ1v) is 10.5. The Kier molecular flexibility index (Phi) is 7.83. The van der Waals surface area contributed by atoms with Crippen molar-refractivity contribution in [2.45, 2.75) is 18.4 Å². The van der Waals surface area contributed by atoms with Crippen LogP contribution < -0.4 is 0 Å². The highest BCUT2D eigenvalue weighted by molar-refractivity contribution is 5.68. The van der Waals surface area contributed by atoms with Crippen LogP contribution in [-0.2, 0) is 16.8 Å². The van der Waals surface area contributed by atoms with Gasteiger partial charge in [-0.3, -0.25) is 0 Å². The fraction of sp³-hybridized carbons (Fsp3) is 0.179. The van der Waals surface area contributed by atoms with Crippen molar-refractivity contribution >= 4 is 6.09 Å². The molecule has 0 unspecified atom stereocenters. The van der Waals surface area contributed by atoms with Crippen LogP contribution in [0, 0.1) is 0 Å². The van der Waals surface area contributed by atoms with Gasteiger partial charge in [0.05, 0.1) is 0 Å². The first-order valence-electron chi connectivity index (χ1n) is 10.5. The lowest BCUT2D eigenvalue weighted by atomic mass is 9.72. The molecule has 0 atom stereocenters. The minimum Gasteiger partial charge on any atom is -0.445 e. The molecule has 3 heteroatoms. The summed E-state index contributed by atoms with van der Waals surface area (Å²) >= 11 is 0. The number of allylic oxidation sites excluding steroid dienone is 1. The maximum Gasteiger partial charge on any atom is 0.410 e. The van der Waals surface area contributed by atoms with Gasteiger partial charge >= 0.3 is 6.09 Å². The van der Waals surface area contributed by atoms with E-state index < -0.39 is 5.41 Å². The summed E-state index contributed by atoms with van der Waals surface area (Å²) in [6, 6.07) is 30.3. The molecule has 0 heterocycles. The molecule has 3 nitrogen and oxygen atoms in total. The zero-order chi connectivity index (χ0) is 21.9. The Bertz CT molecular complexity index is 928. The van der Waals surface area contributed by atoms with Crippen molar-refractivity contribution < 1.29 is 9.53 Å². The maximum atomic E-state index is 12.8. The smallest absolute Gasteiger partial charge is 0.410 e. The van der Waals surface area contributed by atoms with Crippen LogP contribution in [-0.4, -0.2) is 24.1 Å². The molecule has 0 aliphatic carbocycles. The third kappa shape index (κ3) is 5.52. The van der Waals surface area contributed by atoms with Crippen molar-refractivity contribution in [3.8, 4) is 0 Å².